The summed E-state index contributed by atoms with van der Waals surface area (Å²) >= 11 is 1.84. The minimum atomic E-state index is 0.207. The maximum Gasteiger partial charge on any atom is 0.219 e. The second kappa shape index (κ2) is 4.72. The van der Waals surface area contributed by atoms with Gasteiger partial charge in [0.25, 0.3) is 0 Å². The van der Waals surface area contributed by atoms with Crippen LogP contribution in [0.15, 0.2) is 0 Å². The Morgan fingerprint density at radius 3 is 2.33 bits per heavy atom. The molecule has 1 rings (SSSR count). The van der Waals surface area contributed by atoms with Crippen LogP contribution in [0.4, 0.5) is 0 Å². The van der Waals surface area contributed by atoms with Gasteiger partial charge in [-0.1, -0.05) is 0 Å². The Morgan fingerprint density at radius 1 is 1.33 bits per heavy atom. The molecule has 0 bridgehead atoms. The molecule has 3 nitrogen and oxygen atoms in total. The number of hydrogen-bond acceptors (Lipinski definition) is 3. The van der Waals surface area contributed by atoms with Crippen LogP contribution < -0.4 is 0 Å². The molecule has 0 unspecified atom stereocenters. The fourth-order valence-electron chi connectivity index (χ4n) is 1.37. The van der Waals surface area contributed by atoms with E-state index in [0.717, 1.165) is 32.1 Å². The van der Waals surface area contributed by atoms with E-state index in [2.05, 4.69) is 11.2 Å². The van der Waals surface area contributed by atoms with Gasteiger partial charge in [0.1, 0.15) is 0 Å². The van der Waals surface area contributed by atoms with Gasteiger partial charge in [0.05, 0.1) is 0 Å². The van der Waals surface area contributed by atoms with Gasteiger partial charge in [-0.25, -0.2) is 0 Å². The summed E-state index contributed by atoms with van der Waals surface area (Å²) in [4.78, 5) is 15.3. The van der Waals surface area contributed by atoms with E-state index in [1.807, 2.05) is 16.7 Å². The summed E-state index contributed by atoms with van der Waals surface area (Å²) in [5.41, 5.74) is 0. The average Bonchev–Trinajstić information content (AvgIpc) is 2.06. The number of thioether (sulfide) groups is 1. The van der Waals surface area contributed by atoms with E-state index in [4.69, 9.17) is 0 Å². The van der Waals surface area contributed by atoms with Crippen molar-refractivity contribution in [3.8, 4) is 0 Å². The van der Waals surface area contributed by atoms with Gasteiger partial charge < -0.3 is 4.90 Å². The number of piperazine rings is 1. The van der Waals surface area contributed by atoms with Gasteiger partial charge in [-0.05, 0) is 6.26 Å². The lowest BCUT2D eigenvalue weighted by Crippen LogP contribution is -2.47. The van der Waals surface area contributed by atoms with Gasteiger partial charge in [-0.15, -0.1) is 11.8 Å². The van der Waals surface area contributed by atoms with Crippen LogP contribution in [0.25, 0.3) is 0 Å². The van der Waals surface area contributed by atoms with Gasteiger partial charge in [-0.2, -0.15) is 0 Å². The third-order valence-corrected chi connectivity index (χ3v) is 2.75. The molecule has 0 aliphatic carbocycles. The smallest absolute Gasteiger partial charge is 0.219 e. The van der Waals surface area contributed by atoms with Crippen LogP contribution in [-0.2, 0) is 4.79 Å². The summed E-state index contributed by atoms with van der Waals surface area (Å²) in [6.07, 6.45) is 2.11. The average molecular weight is 188 g/mol. The molecule has 70 valence electrons. The van der Waals surface area contributed by atoms with Crippen LogP contribution in [0, 0.1) is 0 Å². The van der Waals surface area contributed by atoms with Crippen molar-refractivity contribution in [1.82, 2.24) is 9.80 Å². The van der Waals surface area contributed by atoms with E-state index in [0.29, 0.717) is 0 Å². The molecule has 0 aromatic carbocycles. The largest absolute Gasteiger partial charge is 0.340 e. The first kappa shape index (κ1) is 9.86. The summed E-state index contributed by atoms with van der Waals surface area (Å²) in [5, 5.41) is 0. The first-order valence-electron chi connectivity index (χ1n) is 4.21. The Hall–Kier alpha value is -0.220. The molecule has 1 heterocycles. The van der Waals surface area contributed by atoms with Gasteiger partial charge >= 0.3 is 0 Å². The molecule has 0 spiro atoms. The van der Waals surface area contributed by atoms with E-state index in [-0.39, 0.29) is 5.91 Å². The fraction of sp³-hybridized carbons (Fsp3) is 0.875. The van der Waals surface area contributed by atoms with Crippen LogP contribution in [0.2, 0.25) is 0 Å². The molecule has 1 saturated heterocycles. The number of carbonyl (C=O) groups excluding carboxylic acids is 1. The molecule has 0 saturated carbocycles. The van der Waals surface area contributed by atoms with Crippen molar-refractivity contribution < 1.29 is 4.79 Å². The second-order valence-electron chi connectivity index (χ2n) is 3.04. The summed E-state index contributed by atoms with van der Waals surface area (Å²) in [6, 6.07) is 0. The highest BCUT2D eigenvalue weighted by molar-refractivity contribution is 7.98. The molecule has 12 heavy (non-hydrogen) atoms. The zero-order chi connectivity index (χ0) is 8.97. The summed E-state index contributed by atoms with van der Waals surface area (Å²) in [7, 11) is 0. The van der Waals surface area contributed by atoms with Gasteiger partial charge in [-0.3, -0.25) is 9.69 Å². The van der Waals surface area contributed by atoms with Crippen LogP contribution in [0.1, 0.15) is 6.92 Å². The van der Waals surface area contributed by atoms with Gasteiger partial charge in [0.2, 0.25) is 5.91 Å². The normalized spacial score (nSPS) is 19.7. The molecule has 0 aromatic heterocycles. The third-order valence-electron chi connectivity index (χ3n) is 2.13. The van der Waals surface area contributed by atoms with E-state index < -0.39 is 0 Å². The Kier molecular flexibility index (Phi) is 3.88. The molecule has 0 radical (unpaired) electrons. The van der Waals surface area contributed by atoms with Crippen molar-refractivity contribution in [3.63, 3.8) is 0 Å². The zero-order valence-corrected chi connectivity index (χ0v) is 8.56. The number of rotatable bonds is 2. The highest BCUT2D eigenvalue weighted by Crippen LogP contribution is 2.05. The quantitative estimate of drug-likeness (QED) is 0.629. The van der Waals surface area contributed by atoms with Crippen LogP contribution in [0.3, 0.4) is 0 Å². The number of carbonyl (C=O) groups is 1. The molecular weight excluding hydrogens is 172 g/mol. The van der Waals surface area contributed by atoms with Crippen molar-refractivity contribution in [3.05, 3.63) is 0 Å². The standard InChI is InChI=1S/C8H16N2OS/c1-8(11)10-5-3-9(4-6-10)7-12-2/h3-7H2,1-2H3. The van der Waals surface area contributed by atoms with Crippen molar-refractivity contribution in [1.29, 1.82) is 0 Å². The highest BCUT2D eigenvalue weighted by atomic mass is 32.2. The number of nitrogens with zero attached hydrogens (tertiary/aromatic N) is 2. The molecule has 1 aliphatic heterocycles. The van der Waals surface area contributed by atoms with Gasteiger partial charge in [0.15, 0.2) is 0 Å². The predicted octanol–water partition coefficient (Wildman–Crippen LogP) is 0.471. The first-order chi connectivity index (χ1) is 5.74. The minimum absolute atomic E-state index is 0.207. The van der Waals surface area contributed by atoms with Crippen LogP contribution in [0.5, 0.6) is 0 Å². The SMILES string of the molecule is CSCN1CCN(C(C)=O)CC1. The first-order valence-corrected chi connectivity index (χ1v) is 5.60. The Morgan fingerprint density at radius 2 is 1.92 bits per heavy atom. The molecule has 1 fully saturated rings. The lowest BCUT2D eigenvalue weighted by molar-refractivity contribution is -0.130. The van der Waals surface area contributed by atoms with Crippen molar-refractivity contribution in [2.24, 2.45) is 0 Å². The number of hydrogen-bond donors (Lipinski definition) is 0. The monoisotopic (exact) mass is 188 g/mol. The molecule has 4 heteroatoms. The van der Waals surface area contributed by atoms with Crippen LogP contribution in [-0.4, -0.2) is 54.0 Å². The zero-order valence-electron chi connectivity index (χ0n) is 7.75. The molecule has 0 aromatic rings. The summed E-state index contributed by atoms with van der Waals surface area (Å²) < 4.78 is 0. The van der Waals surface area contributed by atoms with Crippen LogP contribution >= 0.6 is 11.8 Å². The molecule has 1 amide bonds. The molecule has 0 N–H and O–H groups in total. The Labute approximate surface area is 78.1 Å². The van der Waals surface area contributed by atoms with E-state index in [1.54, 1.807) is 6.92 Å². The van der Waals surface area contributed by atoms with E-state index in [1.165, 1.54) is 0 Å². The minimum Gasteiger partial charge on any atom is -0.340 e. The second-order valence-corrected chi connectivity index (χ2v) is 3.88. The lowest BCUT2D eigenvalue weighted by Gasteiger charge is -2.33. The summed E-state index contributed by atoms with van der Waals surface area (Å²) in [5.74, 6) is 1.30. The fourth-order valence-corrected chi connectivity index (χ4v) is 2.00. The Bertz CT molecular complexity index is 155. The molecular formula is C8H16N2OS. The molecule has 0 atom stereocenters. The van der Waals surface area contributed by atoms with Crippen molar-refractivity contribution in [2.45, 2.75) is 6.92 Å². The van der Waals surface area contributed by atoms with Gasteiger partial charge in [0, 0.05) is 39.0 Å². The molecule has 1 aliphatic rings. The maximum atomic E-state index is 11.0. The highest BCUT2D eigenvalue weighted by Gasteiger charge is 2.17. The maximum absolute atomic E-state index is 11.0. The number of amides is 1. The van der Waals surface area contributed by atoms with E-state index in [9.17, 15) is 4.79 Å². The van der Waals surface area contributed by atoms with E-state index >= 15 is 0 Å². The topological polar surface area (TPSA) is 23.6 Å². The Balaban J connectivity index is 2.25. The lowest BCUT2D eigenvalue weighted by atomic mass is 10.3. The van der Waals surface area contributed by atoms with Crippen molar-refractivity contribution >= 4 is 17.7 Å². The predicted molar refractivity (Wildman–Crippen MR) is 52.2 cm³/mol. The van der Waals surface area contributed by atoms with Crippen molar-refractivity contribution in [2.75, 3.05) is 38.3 Å². The third kappa shape index (κ3) is 2.68. The summed E-state index contributed by atoms with van der Waals surface area (Å²) in [6.45, 7) is 5.50.